The van der Waals surface area contributed by atoms with E-state index >= 15 is 0 Å². The summed E-state index contributed by atoms with van der Waals surface area (Å²) in [6, 6.07) is 14.1. The van der Waals surface area contributed by atoms with Crippen molar-refractivity contribution in [1.29, 1.82) is 0 Å². The molecule has 1 N–H and O–H groups in total. The van der Waals surface area contributed by atoms with Crippen LogP contribution in [-0.2, 0) is 4.74 Å². The van der Waals surface area contributed by atoms with Crippen molar-refractivity contribution in [3.05, 3.63) is 48.0 Å². The maximum absolute atomic E-state index is 11.2. The Morgan fingerprint density at radius 3 is 2.65 bits per heavy atom. The Bertz CT molecular complexity index is 531. The van der Waals surface area contributed by atoms with Gasteiger partial charge in [-0.05, 0) is 23.3 Å². The van der Waals surface area contributed by atoms with Gasteiger partial charge in [0.2, 0.25) is 0 Å². The highest BCUT2D eigenvalue weighted by molar-refractivity contribution is 5.86. The molecule has 3 nitrogen and oxygen atoms in total. The van der Waals surface area contributed by atoms with E-state index in [0.29, 0.717) is 0 Å². The summed E-state index contributed by atoms with van der Waals surface area (Å²) in [5, 5.41) is 5.10. The number of amides is 1. The molecule has 1 amide bonds. The minimum atomic E-state index is -0.412. The maximum Gasteiger partial charge on any atom is 0.407 e. The number of benzene rings is 2. The van der Waals surface area contributed by atoms with Gasteiger partial charge in [0.25, 0.3) is 0 Å². The molecule has 0 saturated heterocycles. The van der Waals surface area contributed by atoms with Crippen molar-refractivity contribution in [1.82, 2.24) is 5.32 Å². The van der Waals surface area contributed by atoms with Crippen molar-refractivity contribution in [3.8, 4) is 0 Å². The second-order valence-electron chi connectivity index (χ2n) is 3.93. The average Bonchev–Trinajstić information content (AvgIpc) is 2.37. The lowest BCUT2D eigenvalue weighted by molar-refractivity contribution is 0.167. The summed E-state index contributed by atoms with van der Waals surface area (Å²) >= 11 is 0. The summed E-state index contributed by atoms with van der Waals surface area (Å²) in [5.74, 6) is 0. The number of alkyl carbamates (subject to hydrolysis) is 1. The van der Waals surface area contributed by atoms with Crippen LogP contribution in [0.4, 0.5) is 4.79 Å². The summed E-state index contributed by atoms with van der Waals surface area (Å²) < 4.78 is 4.60. The van der Waals surface area contributed by atoms with Gasteiger partial charge in [-0.25, -0.2) is 4.79 Å². The molecule has 0 aliphatic heterocycles. The summed E-state index contributed by atoms with van der Waals surface area (Å²) in [4.78, 5) is 11.2. The zero-order valence-corrected chi connectivity index (χ0v) is 9.94. The fraction of sp³-hybridized carbons (Fsp3) is 0.214. The van der Waals surface area contributed by atoms with Crippen LogP contribution in [0.15, 0.2) is 42.5 Å². The lowest BCUT2D eigenvalue weighted by Gasteiger charge is -2.15. The quantitative estimate of drug-likeness (QED) is 0.858. The molecule has 3 heteroatoms. The summed E-state index contributed by atoms with van der Waals surface area (Å²) in [5.41, 5.74) is 1.09. The Balaban J connectivity index is 2.38. The molecule has 0 saturated carbocycles. The lowest BCUT2D eigenvalue weighted by Crippen LogP contribution is -2.26. The summed E-state index contributed by atoms with van der Waals surface area (Å²) in [6.45, 7) is 1.94. The number of rotatable bonds is 2. The van der Waals surface area contributed by atoms with Gasteiger partial charge in [0, 0.05) is 0 Å². The monoisotopic (exact) mass is 229 g/mol. The Morgan fingerprint density at radius 2 is 1.88 bits per heavy atom. The lowest BCUT2D eigenvalue weighted by atomic mass is 10.00. The first-order chi connectivity index (χ1) is 8.22. The first-order valence-electron chi connectivity index (χ1n) is 5.54. The van der Waals surface area contributed by atoms with Crippen LogP contribution in [0.2, 0.25) is 0 Å². The molecular formula is C14H15NO2. The zero-order chi connectivity index (χ0) is 12.3. The zero-order valence-electron chi connectivity index (χ0n) is 9.94. The van der Waals surface area contributed by atoms with Gasteiger partial charge in [-0.2, -0.15) is 0 Å². The van der Waals surface area contributed by atoms with Gasteiger partial charge in [-0.1, -0.05) is 42.5 Å². The average molecular weight is 229 g/mol. The standard InChI is InChI=1S/C14H15NO2/c1-10(15-14(16)17-2)12-9-5-7-11-6-3-4-8-13(11)12/h3-10H,1-2H3,(H,15,16). The molecule has 1 unspecified atom stereocenters. The third-order valence-corrected chi connectivity index (χ3v) is 2.81. The normalized spacial score (nSPS) is 12.1. The van der Waals surface area contributed by atoms with Crippen LogP contribution in [0.5, 0.6) is 0 Å². The number of carbonyl (C=O) groups excluding carboxylic acids is 1. The number of ether oxygens (including phenoxy) is 1. The molecule has 0 aliphatic carbocycles. The molecular weight excluding hydrogens is 214 g/mol. The molecule has 2 rings (SSSR count). The number of nitrogens with one attached hydrogen (secondary N) is 1. The fourth-order valence-corrected chi connectivity index (χ4v) is 1.94. The van der Waals surface area contributed by atoms with E-state index in [1.807, 2.05) is 31.2 Å². The van der Waals surface area contributed by atoms with E-state index in [2.05, 4.69) is 28.3 Å². The van der Waals surface area contributed by atoms with Crippen LogP contribution >= 0.6 is 0 Å². The van der Waals surface area contributed by atoms with Crippen molar-refractivity contribution in [2.24, 2.45) is 0 Å². The second kappa shape index (κ2) is 4.87. The van der Waals surface area contributed by atoms with E-state index in [0.717, 1.165) is 10.9 Å². The van der Waals surface area contributed by atoms with Crippen molar-refractivity contribution in [3.63, 3.8) is 0 Å². The third kappa shape index (κ3) is 2.38. The predicted molar refractivity (Wildman–Crippen MR) is 67.9 cm³/mol. The second-order valence-corrected chi connectivity index (χ2v) is 3.93. The van der Waals surface area contributed by atoms with Crippen molar-refractivity contribution in [2.45, 2.75) is 13.0 Å². The molecule has 0 fully saturated rings. The highest BCUT2D eigenvalue weighted by atomic mass is 16.5. The van der Waals surface area contributed by atoms with Crippen molar-refractivity contribution in [2.75, 3.05) is 7.11 Å². The molecule has 0 bridgehead atoms. The van der Waals surface area contributed by atoms with Crippen LogP contribution < -0.4 is 5.32 Å². The van der Waals surface area contributed by atoms with Crippen LogP contribution in [0.3, 0.4) is 0 Å². The molecule has 0 aromatic heterocycles. The van der Waals surface area contributed by atoms with Gasteiger partial charge in [-0.3, -0.25) is 0 Å². The Kier molecular flexibility index (Phi) is 3.28. The summed E-state index contributed by atoms with van der Waals surface area (Å²) in [7, 11) is 1.37. The molecule has 88 valence electrons. The van der Waals surface area contributed by atoms with E-state index in [4.69, 9.17) is 0 Å². The molecule has 17 heavy (non-hydrogen) atoms. The smallest absolute Gasteiger partial charge is 0.407 e. The highest BCUT2D eigenvalue weighted by Gasteiger charge is 2.11. The fourth-order valence-electron chi connectivity index (χ4n) is 1.94. The van der Waals surface area contributed by atoms with Crippen LogP contribution in [0, 0.1) is 0 Å². The van der Waals surface area contributed by atoms with Gasteiger partial charge >= 0.3 is 6.09 Å². The molecule has 0 radical (unpaired) electrons. The van der Waals surface area contributed by atoms with E-state index in [1.165, 1.54) is 12.5 Å². The van der Waals surface area contributed by atoms with Gasteiger partial charge in [0.15, 0.2) is 0 Å². The number of methoxy groups -OCH3 is 1. The van der Waals surface area contributed by atoms with Gasteiger partial charge < -0.3 is 10.1 Å². The maximum atomic E-state index is 11.2. The SMILES string of the molecule is COC(=O)NC(C)c1cccc2ccccc12. The number of carbonyl (C=O) groups is 1. The van der Waals surface area contributed by atoms with E-state index in [-0.39, 0.29) is 6.04 Å². The first-order valence-corrected chi connectivity index (χ1v) is 5.54. The van der Waals surface area contributed by atoms with Gasteiger partial charge in [0.1, 0.15) is 0 Å². The topological polar surface area (TPSA) is 38.3 Å². The molecule has 1 atom stereocenters. The Morgan fingerprint density at radius 1 is 1.18 bits per heavy atom. The molecule has 0 spiro atoms. The largest absolute Gasteiger partial charge is 0.453 e. The minimum absolute atomic E-state index is 0.0754. The number of hydrogen-bond acceptors (Lipinski definition) is 2. The predicted octanol–water partition coefficient (Wildman–Crippen LogP) is 3.26. The van der Waals surface area contributed by atoms with Crippen molar-refractivity contribution >= 4 is 16.9 Å². The molecule has 2 aromatic rings. The summed E-state index contributed by atoms with van der Waals surface area (Å²) in [6.07, 6.45) is -0.412. The number of hydrogen-bond donors (Lipinski definition) is 1. The van der Waals surface area contributed by atoms with Gasteiger partial charge in [-0.15, -0.1) is 0 Å². The van der Waals surface area contributed by atoms with Crippen molar-refractivity contribution < 1.29 is 9.53 Å². The van der Waals surface area contributed by atoms with E-state index in [9.17, 15) is 4.79 Å². The molecule has 2 aromatic carbocycles. The van der Waals surface area contributed by atoms with Gasteiger partial charge in [0.05, 0.1) is 13.2 Å². The Hall–Kier alpha value is -2.03. The third-order valence-electron chi connectivity index (χ3n) is 2.81. The number of fused-ring (bicyclic) bond motifs is 1. The van der Waals surface area contributed by atoms with Crippen LogP contribution in [0.1, 0.15) is 18.5 Å². The van der Waals surface area contributed by atoms with E-state index in [1.54, 1.807) is 0 Å². The molecule has 0 aliphatic rings. The van der Waals surface area contributed by atoms with E-state index < -0.39 is 6.09 Å². The van der Waals surface area contributed by atoms with Crippen LogP contribution in [-0.4, -0.2) is 13.2 Å². The minimum Gasteiger partial charge on any atom is -0.453 e. The highest BCUT2D eigenvalue weighted by Crippen LogP contribution is 2.23. The first kappa shape index (κ1) is 11.5. The van der Waals surface area contributed by atoms with Crippen LogP contribution in [0.25, 0.3) is 10.8 Å². The Labute approximate surface area is 100 Å². The molecule has 0 heterocycles.